The summed E-state index contributed by atoms with van der Waals surface area (Å²) in [6.45, 7) is 3.16. The number of hydrogen-bond donors (Lipinski definition) is 2. The maximum Gasteiger partial charge on any atom is 1.00 e. The van der Waals surface area contributed by atoms with Crippen molar-refractivity contribution in [3.63, 3.8) is 0 Å². The zero-order valence-corrected chi connectivity index (χ0v) is 22.0. The molecule has 174 valence electrons. The molecule has 0 spiro atoms. The molecule has 1 atom stereocenters. The van der Waals surface area contributed by atoms with E-state index in [-0.39, 0.29) is 55.0 Å². The first-order valence-corrected chi connectivity index (χ1v) is 12.7. The SMILES string of the molecule is CCCCCCCCCC/C=C/C(=O)C1=[N+](CC(O)CS(=O)(=O)[O-])CCN1CCO.[Na+]. The molecule has 31 heavy (non-hydrogen) atoms. The molecule has 1 unspecified atom stereocenters. The molecule has 1 aliphatic rings. The molecule has 1 rings (SSSR count). The number of amidine groups is 1. The number of β-amino-alcohol motifs (C(OH)–C–C–N with tert-alkyl or cyclic N) is 2. The van der Waals surface area contributed by atoms with E-state index in [4.69, 9.17) is 0 Å². The van der Waals surface area contributed by atoms with Gasteiger partial charge in [-0.25, -0.2) is 8.42 Å². The van der Waals surface area contributed by atoms with Gasteiger partial charge in [0.15, 0.2) is 0 Å². The van der Waals surface area contributed by atoms with E-state index in [1.807, 2.05) is 6.08 Å². The molecule has 10 heteroatoms. The van der Waals surface area contributed by atoms with E-state index < -0.39 is 22.0 Å². The standard InChI is InChI=1S/C21H38N2O6S.Na/c1-2-3-4-5-6-7-8-9-10-11-12-20(26)21-22(15-16-24)13-14-23(21)17-19(25)18-30(27,28)29;/h11-12,19,24-25H,2-10,13-18H2,1H3;/q;+1/b12-11+;. The molecule has 0 aromatic rings. The topological polar surface area (TPSA) is 121 Å². The van der Waals surface area contributed by atoms with E-state index in [0.29, 0.717) is 18.9 Å². The molecule has 0 saturated carbocycles. The summed E-state index contributed by atoms with van der Waals surface area (Å²) in [5, 5.41) is 19.1. The number of rotatable bonds is 17. The predicted octanol–water partition coefficient (Wildman–Crippen LogP) is -1.73. The number of unbranched alkanes of at least 4 members (excludes halogenated alkanes) is 8. The van der Waals surface area contributed by atoms with Crippen LogP contribution in [0.15, 0.2) is 12.2 Å². The number of allylic oxidation sites excluding steroid dienone is 1. The Morgan fingerprint density at radius 2 is 1.81 bits per heavy atom. The van der Waals surface area contributed by atoms with Gasteiger partial charge in [-0.2, -0.15) is 0 Å². The Morgan fingerprint density at radius 1 is 1.19 bits per heavy atom. The summed E-state index contributed by atoms with van der Waals surface area (Å²) in [6.07, 6.45) is 12.6. The van der Waals surface area contributed by atoms with E-state index in [1.54, 1.807) is 9.48 Å². The van der Waals surface area contributed by atoms with E-state index in [0.717, 1.165) is 19.3 Å². The van der Waals surface area contributed by atoms with Gasteiger partial charge in [-0.3, -0.25) is 14.3 Å². The minimum absolute atomic E-state index is 0. The molecule has 0 amide bonds. The molecule has 0 radical (unpaired) electrons. The molecule has 0 bridgehead atoms. The predicted molar refractivity (Wildman–Crippen MR) is 116 cm³/mol. The summed E-state index contributed by atoms with van der Waals surface area (Å²) in [5.74, 6) is -0.796. The van der Waals surface area contributed by atoms with Gasteiger partial charge >= 0.3 is 35.4 Å². The molecule has 8 nitrogen and oxygen atoms in total. The summed E-state index contributed by atoms with van der Waals surface area (Å²) >= 11 is 0. The van der Waals surface area contributed by atoms with Crippen LogP contribution in [-0.2, 0) is 14.9 Å². The van der Waals surface area contributed by atoms with Gasteiger partial charge in [0, 0.05) is 0 Å². The van der Waals surface area contributed by atoms with Crippen molar-refractivity contribution in [3.8, 4) is 0 Å². The summed E-state index contributed by atoms with van der Waals surface area (Å²) in [4.78, 5) is 14.4. The zero-order chi connectivity index (χ0) is 22.4. The van der Waals surface area contributed by atoms with Crippen LogP contribution >= 0.6 is 0 Å². The molecular weight excluding hydrogens is 431 g/mol. The van der Waals surface area contributed by atoms with Crippen LogP contribution in [0.3, 0.4) is 0 Å². The van der Waals surface area contributed by atoms with Crippen molar-refractivity contribution in [2.75, 3.05) is 38.5 Å². The second-order valence-electron chi connectivity index (χ2n) is 7.89. The first kappa shape index (κ1) is 30.7. The molecule has 0 aliphatic carbocycles. The van der Waals surface area contributed by atoms with E-state index >= 15 is 0 Å². The Hall–Kier alpha value is -0.290. The van der Waals surface area contributed by atoms with Crippen molar-refractivity contribution in [3.05, 3.63) is 12.2 Å². The molecule has 2 N–H and O–H groups in total. The largest absolute Gasteiger partial charge is 1.00 e. The number of hydrogen-bond acceptors (Lipinski definition) is 7. The summed E-state index contributed by atoms with van der Waals surface area (Å²) < 4.78 is 34.1. The van der Waals surface area contributed by atoms with Crippen LogP contribution in [-0.4, -0.2) is 88.9 Å². The number of aliphatic hydroxyl groups excluding tert-OH is 2. The Labute approximate surface area is 209 Å². The van der Waals surface area contributed by atoms with Crippen molar-refractivity contribution in [1.29, 1.82) is 0 Å². The van der Waals surface area contributed by atoms with Gasteiger partial charge in [0.05, 0.1) is 22.5 Å². The van der Waals surface area contributed by atoms with Crippen molar-refractivity contribution >= 4 is 21.7 Å². The summed E-state index contributed by atoms with van der Waals surface area (Å²) in [5.41, 5.74) is 0. The number of nitrogens with zero attached hydrogens (tertiary/aromatic N) is 2. The van der Waals surface area contributed by atoms with Crippen LogP contribution in [0.2, 0.25) is 0 Å². The van der Waals surface area contributed by atoms with Crippen LogP contribution in [0.1, 0.15) is 64.7 Å². The smallest absolute Gasteiger partial charge is 0.748 e. The van der Waals surface area contributed by atoms with Crippen LogP contribution in [0.4, 0.5) is 0 Å². The molecule has 0 saturated heterocycles. The average molecular weight is 470 g/mol. The van der Waals surface area contributed by atoms with Crippen molar-refractivity contribution in [2.45, 2.75) is 70.8 Å². The van der Waals surface area contributed by atoms with Crippen LogP contribution in [0, 0.1) is 0 Å². The quantitative estimate of drug-likeness (QED) is 0.0854. The third kappa shape index (κ3) is 13.8. The van der Waals surface area contributed by atoms with Gasteiger partial charge in [-0.15, -0.1) is 0 Å². The van der Waals surface area contributed by atoms with Crippen LogP contribution in [0.5, 0.6) is 0 Å². The van der Waals surface area contributed by atoms with E-state index in [9.17, 15) is 28.0 Å². The third-order valence-corrected chi connectivity index (χ3v) is 5.94. The molecule has 0 fully saturated rings. The minimum atomic E-state index is -4.55. The fourth-order valence-electron chi connectivity index (χ4n) is 3.68. The van der Waals surface area contributed by atoms with Crippen molar-refractivity contribution < 1.29 is 62.1 Å². The summed E-state index contributed by atoms with van der Waals surface area (Å²) in [6, 6.07) is 0. The number of ketones is 1. The first-order chi connectivity index (χ1) is 14.3. The van der Waals surface area contributed by atoms with Crippen molar-refractivity contribution in [2.24, 2.45) is 0 Å². The molecule has 0 aromatic heterocycles. The fourth-order valence-corrected chi connectivity index (χ4v) is 4.26. The molecule has 1 aliphatic heterocycles. The molecular formula is C21H38N2NaO6S+. The first-order valence-electron chi connectivity index (χ1n) is 11.1. The average Bonchev–Trinajstić information content (AvgIpc) is 3.04. The van der Waals surface area contributed by atoms with Gasteiger partial charge in [-0.05, 0) is 18.9 Å². The maximum atomic E-state index is 12.7. The van der Waals surface area contributed by atoms with Gasteiger partial charge in [-0.1, -0.05) is 57.9 Å². The Balaban J connectivity index is 0.00000900. The monoisotopic (exact) mass is 469 g/mol. The fraction of sp³-hybridized carbons (Fsp3) is 0.810. The number of aliphatic hydroxyl groups is 2. The van der Waals surface area contributed by atoms with E-state index in [1.165, 1.54) is 44.6 Å². The normalized spacial score (nSPS) is 15.5. The number of carbonyl (C=O) groups excluding carboxylic acids is 1. The van der Waals surface area contributed by atoms with Gasteiger partial charge in [0.2, 0.25) is 0 Å². The second-order valence-corrected chi connectivity index (χ2v) is 9.34. The minimum Gasteiger partial charge on any atom is -0.748 e. The summed E-state index contributed by atoms with van der Waals surface area (Å²) in [7, 11) is -4.55. The van der Waals surface area contributed by atoms with Gasteiger partial charge < -0.3 is 14.8 Å². The second kappa shape index (κ2) is 17.2. The Bertz CT molecular complexity index is 681. The third-order valence-electron chi connectivity index (χ3n) is 5.15. The molecule has 0 aromatic carbocycles. The molecule has 1 heterocycles. The Morgan fingerprint density at radius 3 is 2.39 bits per heavy atom. The van der Waals surface area contributed by atoms with E-state index in [2.05, 4.69) is 6.92 Å². The van der Waals surface area contributed by atoms with Crippen molar-refractivity contribution in [1.82, 2.24) is 4.90 Å². The zero-order valence-electron chi connectivity index (χ0n) is 19.2. The maximum absolute atomic E-state index is 12.7. The van der Waals surface area contributed by atoms with Crippen LogP contribution in [0.25, 0.3) is 0 Å². The number of carbonyl (C=O) groups is 1. The van der Waals surface area contributed by atoms with Crippen LogP contribution < -0.4 is 29.6 Å². The van der Waals surface area contributed by atoms with Gasteiger partial charge in [0.25, 0.3) is 5.78 Å². The van der Waals surface area contributed by atoms with Gasteiger partial charge in [0.1, 0.15) is 32.3 Å². The Kier molecular flexibility index (Phi) is 17.1.